The molecule has 0 amide bonds. The highest BCUT2D eigenvalue weighted by atomic mass is 16.5. The molecule has 1 rings (SSSR count). The van der Waals surface area contributed by atoms with Crippen molar-refractivity contribution in [1.29, 1.82) is 0 Å². The number of nitrogens with zero attached hydrogens (tertiary/aromatic N) is 3. The Balaban J connectivity index is 2.69. The Morgan fingerprint density at radius 1 is 1.47 bits per heavy atom. The molecule has 6 heteroatoms. The number of carboxylic acid groups (broad SMARTS) is 1. The number of carboxylic acids is 1. The van der Waals surface area contributed by atoms with Gasteiger partial charge in [-0.2, -0.15) is 0 Å². The van der Waals surface area contributed by atoms with Crippen LogP contribution in [0.3, 0.4) is 0 Å². The second-order valence-corrected chi connectivity index (χ2v) is 4.01. The van der Waals surface area contributed by atoms with E-state index in [1.807, 2.05) is 31.2 Å². The van der Waals surface area contributed by atoms with Crippen molar-refractivity contribution in [3.8, 4) is 5.75 Å². The van der Waals surface area contributed by atoms with Crippen molar-refractivity contribution >= 4 is 5.97 Å². The Hall–Kier alpha value is -2.20. The molecule has 0 saturated carbocycles. The topological polar surface area (TPSA) is 95.3 Å². The predicted octanol–water partition coefficient (Wildman–Crippen LogP) is 3.69. The summed E-state index contributed by atoms with van der Waals surface area (Å²) < 4.78 is 5.33. The van der Waals surface area contributed by atoms with Gasteiger partial charge in [-0.3, -0.25) is 4.79 Å². The molecule has 0 aromatic heterocycles. The first-order valence-electron chi connectivity index (χ1n) is 6.16. The summed E-state index contributed by atoms with van der Waals surface area (Å²) in [5.41, 5.74) is 9.43. The van der Waals surface area contributed by atoms with Crippen LogP contribution < -0.4 is 4.74 Å². The number of carbonyl (C=O) groups is 1. The number of hydrogen-bond donors (Lipinski definition) is 1. The molecule has 0 spiro atoms. The number of azide groups is 1. The van der Waals surface area contributed by atoms with Crippen molar-refractivity contribution in [2.75, 3.05) is 6.61 Å². The quantitative estimate of drug-likeness (QED) is 0.440. The lowest BCUT2D eigenvalue weighted by Gasteiger charge is -2.11. The van der Waals surface area contributed by atoms with Gasteiger partial charge in [0.05, 0.1) is 12.6 Å². The zero-order valence-corrected chi connectivity index (χ0v) is 10.8. The first kappa shape index (κ1) is 14.9. The minimum Gasteiger partial charge on any atom is -0.494 e. The minimum atomic E-state index is -0.841. The lowest BCUT2D eigenvalue weighted by atomic mass is 10.0. The first-order chi connectivity index (χ1) is 9.17. The van der Waals surface area contributed by atoms with Gasteiger partial charge < -0.3 is 9.84 Å². The minimum absolute atomic E-state index is 0.0779. The van der Waals surface area contributed by atoms with Gasteiger partial charge in [-0.25, -0.2) is 0 Å². The van der Waals surface area contributed by atoms with Gasteiger partial charge in [0.15, 0.2) is 0 Å². The van der Waals surface area contributed by atoms with Gasteiger partial charge in [0.25, 0.3) is 0 Å². The molecule has 1 unspecified atom stereocenters. The van der Waals surface area contributed by atoms with E-state index in [1.165, 1.54) is 0 Å². The Morgan fingerprint density at radius 3 is 2.68 bits per heavy atom. The van der Waals surface area contributed by atoms with Crippen LogP contribution in [0.2, 0.25) is 0 Å². The summed E-state index contributed by atoms with van der Waals surface area (Å²) in [4.78, 5) is 13.3. The van der Waals surface area contributed by atoms with E-state index in [2.05, 4.69) is 10.0 Å². The average Bonchev–Trinajstić information content (AvgIpc) is 2.39. The third-order valence-electron chi connectivity index (χ3n) is 2.64. The van der Waals surface area contributed by atoms with Crippen molar-refractivity contribution in [3.05, 3.63) is 40.3 Å². The van der Waals surface area contributed by atoms with E-state index in [1.54, 1.807) is 0 Å². The van der Waals surface area contributed by atoms with Gasteiger partial charge in [0.2, 0.25) is 0 Å². The van der Waals surface area contributed by atoms with E-state index in [0.29, 0.717) is 19.4 Å². The van der Waals surface area contributed by atoms with Gasteiger partial charge in [-0.15, -0.1) is 0 Å². The lowest BCUT2D eigenvalue weighted by molar-refractivity contribution is -0.137. The molecular weight excluding hydrogens is 246 g/mol. The van der Waals surface area contributed by atoms with Crippen LogP contribution in [0.5, 0.6) is 5.75 Å². The average molecular weight is 263 g/mol. The monoisotopic (exact) mass is 263 g/mol. The maximum absolute atomic E-state index is 10.5. The Morgan fingerprint density at radius 2 is 2.16 bits per heavy atom. The van der Waals surface area contributed by atoms with Crippen LogP contribution in [0, 0.1) is 0 Å². The Labute approximate surface area is 111 Å². The van der Waals surface area contributed by atoms with Gasteiger partial charge in [0.1, 0.15) is 5.75 Å². The first-order valence-corrected chi connectivity index (χ1v) is 6.16. The highest BCUT2D eigenvalue weighted by Crippen LogP contribution is 2.25. The summed E-state index contributed by atoms with van der Waals surface area (Å²) in [6.07, 6.45) is 1.07. The molecule has 0 saturated heterocycles. The molecule has 1 atom stereocenters. The molecule has 1 aromatic carbocycles. The zero-order chi connectivity index (χ0) is 14.1. The molecule has 1 N–H and O–H groups in total. The maximum atomic E-state index is 10.5. The smallest absolute Gasteiger partial charge is 0.303 e. The summed E-state index contributed by atoms with van der Waals surface area (Å²) in [6.45, 7) is 2.50. The standard InChI is InChI=1S/C13H17N3O3/c1-2-19-11-8-6-10(7-9-11)12(15-16-14)4-3-5-13(17)18/h6-9,12H,2-5H2,1H3,(H,17,18). The van der Waals surface area contributed by atoms with Crippen LogP contribution >= 0.6 is 0 Å². The molecule has 0 aliphatic heterocycles. The van der Waals surface area contributed by atoms with Crippen molar-refractivity contribution < 1.29 is 14.6 Å². The number of rotatable bonds is 8. The molecule has 0 radical (unpaired) electrons. The second kappa shape index (κ2) is 8.00. The van der Waals surface area contributed by atoms with Crippen LogP contribution in [0.15, 0.2) is 29.4 Å². The number of hydrogen-bond acceptors (Lipinski definition) is 3. The van der Waals surface area contributed by atoms with Crippen molar-refractivity contribution in [1.82, 2.24) is 0 Å². The summed E-state index contributed by atoms with van der Waals surface area (Å²) in [6, 6.07) is 6.97. The Bertz CT molecular complexity index is 453. The third-order valence-corrected chi connectivity index (χ3v) is 2.64. The molecule has 19 heavy (non-hydrogen) atoms. The van der Waals surface area contributed by atoms with E-state index >= 15 is 0 Å². The normalized spacial score (nSPS) is 11.4. The highest BCUT2D eigenvalue weighted by Gasteiger charge is 2.10. The van der Waals surface area contributed by atoms with E-state index in [4.69, 9.17) is 15.4 Å². The Kier molecular flexibility index (Phi) is 6.26. The fourth-order valence-electron chi connectivity index (χ4n) is 1.75. The summed E-state index contributed by atoms with van der Waals surface area (Å²) in [5.74, 6) is -0.0807. The lowest BCUT2D eigenvalue weighted by Crippen LogP contribution is -1.99. The molecule has 102 valence electrons. The summed E-state index contributed by atoms with van der Waals surface area (Å²) >= 11 is 0. The van der Waals surface area contributed by atoms with Crippen LogP contribution in [0.1, 0.15) is 37.8 Å². The fourth-order valence-corrected chi connectivity index (χ4v) is 1.75. The van der Waals surface area contributed by atoms with Crippen molar-refractivity contribution in [2.24, 2.45) is 5.11 Å². The van der Waals surface area contributed by atoms with E-state index in [-0.39, 0.29) is 12.5 Å². The van der Waals surface area contributed by atoms with Crippen molar-refractivity contribution in [2.45, 2.75) is 32.2 Å². The van der Waals surface area contributed by atoms with Gasteiger partial charge >= 0.3 is 5.97 Å². The molecule has 1 aromatic rings. The third kappa shape index (κ3) is 5.31. The molecule has 6 nitrogen and oxygen atoms in total. The largest absolute Gasteiger partial charge is 0.494 e. The van der Waals surface area contributed by atoms with E-state index < -0.39 is 5.97 Å². The SMILES string of the molecule is CCOc1ccc(C(CCCC(=O)O)N=[N+]=[N-])cc1. The van der Waals surface area contributed by atoms with Crippen LogP contribution in [0.4, 0.5) is 0 Å². The summed E-state index contributed by atoms with van der Waals surface area (Å²) in [7, 11) is 0. The number of ether oxygens (including phenoxy) is 1. The molecule has 0 bridgehead atoms. The fraction of sp³-hybridized carbons (Fsp3) is 0.462. The second-order valence-electron chi connectivity index (χ2n) is 4.01. The van der Waals surface area contributed by atoms with Crippen molar-refractivity contribution in [3.63, 3.8) is 0 Å². The van der Waals surface area contributed by atoms with E-state index in [0.717, 1.165) is 11.3 Å². The highest BCUT2D eigenvalue weighted by molar-refractivity contribution is 5.66. The zero-order valence-electron chi connectivity index (χ0n) is 10.8. The van der Waals surface area contributed by atoms with Crippen LogP contribution in [-0.4, -0.2) is 17.7 Å². The summed E-state index contributed by atoms with van der Waals surface area (Å²) in [5, 5.41) is 12.3. The predicted molar refractivity (Wildman–Crippen MR) is 71.0 cm³/mol. The van der Waals surface area contributed by atoms with Gasteiger partial charge in [0, 0.05) is 11.3 Å². The molecule has 0 aliphatic rings. The van der Waals surface area contributed by atoms with Gasteiger partial charge in [-0.1, -0.05) is 17.2 Å². The van der Waals surface area contributed by atoms with E-state index in [9.17, 15) is 4.79 Å². The van der Waals surface area contributed by atoms with Crippen LogP contribution in [0.25, 0.3) is 10.4 Å². The maximum Gasteiger partial charge on any atom is 0.303 e. The molecule has 0 fully saturated rings. The van der Waals surface area contributed by atoms with Crippen LogP contribution in [-0.2, 0) is 4.79 Å². The number of aliphatic carboxylic acids is 1. The molecular formula is C13H17N3O3. The molecule has 0 heterocycles. The molecule has 0 aliphatic carbocycles. The number of benzene rings is 1. The van der Waals surface area contributed by atoms with Gasteiger partial charge in [-0.05, 0) is 43.0 Å².